The van der Waals surface area contributed by atoms with Crippen LogP contribution in [-0.2, 0) is 5.54 Å². The van der Waals surface area contributed by atoms with Gasteiger partial charge in [-0.2, -0.15) is 0 Å². The van der Waals surface area contributed by atoms with Crippen LogP contribution in [-0.4, -0.2) is 58.5 Å². The highest BCUT2D eigenvalue weighted by Gasteiger charge is 2.50. The highest BCUT2D eigenvalue weighted by molar-refractivity contribution is 6.14. The van der Waals surface area contributed by atoms with Gasteiger partial charge < -0.3 is 14.2 Å². The number of rotatable bonds is 5. The third-order valence-corrected chi connectivity index (χ3v) is 6.84. The summed E-state index contributed by atoms with van der Waals surface area (Å²) >= 11 is 0. The number of carbonyl (C=O) groups is 1. The lowest BCUT2D eigenvalue weighted by atomic mass is 9.85. The lowest BCUT2D eigenvalue weighted by Crippen LogP contribution is -2.58. The minimum atomic E-state index is -0.644. The van der Waals surface area contributed by atoms with E-state index in [0.717, 1.165) is 33.8 Å². The SMILES string of the molecule is CCC1(c2ccc(F)cc2)CN=C2/C(=C/c3ccc(-n4cnc(C)c4)c(OC)c3)CN(C)C(=O)N21. The number of carbonyl (C=O) groups excluding carboxylic acids is 1. The number of aromatic nitrogens is 2. The minimum absolute atomic E-state index is 0.104. The average molecular weight is 474 g/mol. The van der Waals surface area contributed by atoms with E-state index in [2.05, 4.69) is 11.1 Å². The topological polar surface area (TPSA) is 63.0 Å². The Morgan fingerprint density at radius 3 is 2.63 bits per heavy atom. The molecule has 7 nitrogen and oxygen atoms in total. The number of ether oxygens (including phenoxy) is 1. The number of fused-ring (bicyclic) bond motifs is 1. The average Bonchev–Trinajstić information content (AvgIpc) is 3.47. The zero-order chi connectivity index (χ0) is 24.7. The third-order valence-electron chi connectivity index (χ3n) is 6.84. The highest BCUT2D eigenvalue weighted by Crippen LogP contribution is 2.41. The standard InChI is InChI=1S/C27H28FN5O2/c1-5-27(21-7-9-22(28)10-8-21)16-29-25-20(15-31(3)26(34)33(25)27)12-19-6-11-23(24(13-19)35-4)32-14-18(2)30-17-32/h6-14,17H,5,15-16H2,1-4H3/b20-12+. The van der Waals surface area contributed by atoms with E-state index in [1.807, 2.05) is 42.8 Å². The molecular formula is C27H28FN5O2. The van der Waals surface area contributed by atoms with Gasteiger partial charge in [-0.1, -0.05) is 25.1 Å². The summed E-state index contributed by atoms with van der Waals surface area (Å²) in [6, 6.07) is 12.3. The van der Waals surface area contributed by atoms with E-state index in [1.165, 1.54) is 12.1 Å². The van der Waals surface area contributed by atoms with E-state index >= 15 is 0 Å². The van der Waals surface area contributed by atoms with Crippen LogP contribution in [0, 0.1) is 12.7 Å². The van der Waals surface area contributed by atoms with Crippen molar-refractivity contribution in [3.05, 3.63) is 83.2 Å². The Labute approximate surface area is 204 Å². The molecule has 0 aliphatic carbocycles. The molecule has 5 rings (SSSR count). The maximum Gasteiger partial charge on any atom is 0.326 e. The van der Waals surface area contributed by atoms with Gasteiger partial charge >= 0.3 is 6.03 Å². The number of aryl methyl sites for hydroxylation is 1. The van der Waals surface area contributed by atoms with Gasteiger partial charge in [0.25, 0.3) is 0 Å². The van der Waals surface area contributed by atoms with Gasteiger partial charge in [-0.05, 0) is 54.8 Å². The number of nitrogens with zero attached hydrogens (tertiary/aromatic N) is 5. The predicted molar refractivity (Wildman–Crippen MR) is 133 cm³/mol. The van der Waals surface area contributed by atoms with Crippen molar-refractivity contribution in [2.45, 2.75) is 25.8 Å². The molecule has 1 saturated heterocycles. The Balaban J connectivity index is 1.54. The predicted octanol–water partition coefficient (Wildman–Crippen LogP) is 4.80. The van der Waals surface area contributed by atoms with E-state index in [9.17, 15) is 9.18 Å². The number of methoxy groups -OCH3 is 1. The van der Waals surface area contributed by atoms with Crippen LogP contribution in [0.3, 0.4) is 0 Å². The van der Waals surface area contributed by atoms with Gasteiger partial charge in [-0.25, -0.2) is 14.2 Å². The smallest absolute Gasteiger partial charge is 0.326 e. The summed E-state index contributed by atoms with van der Waals surface area (Å²) < 4.78 is 21.2. The molecule has 0 radical (unpaired) electrons. The van der Waals surface area contributed by atoms with Crippen molar-refractivity contribution in [3.63, 3.8) is 0 Å². The molecule has 2 aromatic carbocycles. The zero-order valence-electron chi connectivity index (χ0n) is 20.3. The van der Waals surface area contributed by atoms with Crippen LogP contribution in [0.1, 0.15) is 30.2 Å². The Hall–Kier alpha value is -3.94. The molecule has 2 aliphatic rings. The van der Waals surface area contributed by atoms with Crippen LogP contribution in [0.4, 0.5) is 9.18 Å². The van der Waals surface area contributed by atoms with E-state index < -0.39 is 5.54 Å². The fraction of sp³-hybridized carbons (Fsp3) is 0.296. The van der Waals surface area contributed by atoms with E-state index in [4.69, 9.17) is 9.73 Å². The maximum atomic E-state index is 13.6. The first-order valence-corrected chi connectivity index (χ1v) is 11.6. The molecule has 3 heterocycles. The van der Waals surface area contributed by atoms with Crippen LogP contribution in [0.25, 0.3) is 11.8 Å². The van der Waals surface area contributed by atoms with Crippen molar-refractivity contribution < 1.29 is 13.9 Å². The number of aliphatic imine (C=N–C) groups is 1. The quantitative estimate of drug-likeness (QED) is 0.535. The number of imidazole rings is 1. The first-order chi connectivity index (χ1) is 16.9. The number of hydrogen-bond donors (Lipinski definition) is 0. The van der Waals surface area contributed by atoms with Crippen LogP contribution in [0.2, 0.25) is 0 Å². The van der Waals surface area contributed by atoms with Crippen molar-refractivity contribution >= 4 is 17.9 Å². The van der Waals surface area contributed by atoms with Crippen LogP contribution in [0.5, 0.6) is 5.75 Å². The number of halogens is 1. The second-order valence-corrected chi connectivity index (χ2v) is 9.03. The monoisotopic (exact) mass is 473 g/mol. The van der Waals surface area contributed by atoms with Gasteiger partial charge in [0.05, 0.1) is 43.4 Å². The Bertz CT molecular complexity index is 1340. The number of hydrogen-bond acceptors (Lipinski definition) is 4. The summed E-state index contributed by atoms with van der Waals surface area (Å²) in [5, 5.41) is 0. The number of likely N-dealkylation sites (N-methyl/N-ethyl adjacent to an activating group) is 1. The summed E-state index contributed by atoms with van der Waals surface area (Å²) in [6.07, 6.45) is 6.42. The summed E-state index contributed by atoms with van der Waals surface area (Å²) in [6.45, 7) is 4.86. The molecule has 2 amide bonds. The summed E-state index contributed by atoms with van der Waals surface area (Å²) in [7, 11) is 3.44. The normalized spacial score (nSPS) is 20.9. The Kier molecular flexibility index (Phi) is 5.67. The van der Waals surface area contributed by atoms with Crippen molar-refractivity contribution in [3.8, 4) is 11.4 Å². The van der Waals surface area contributed by atoms with Crippen LogP contribution in [0.15, 0.2) is 65.6 Å². The van der Waals surface area contributed by atoms with E-state index in [-0.39, 0.29) is 11.8 Å². The van der Waals surface area contributed by atoms with Crippen molar-refractivity contribution in [2.75, 3.05) is 27.2 Å². The van der Waals surface area contributed by atoms with Gasteiger partial charge in [0.15, 0.2) is 0 Å². The molecule has 180 valence electrons. The maximum absolute atomic E-state index is 13.6. The van der Waals surface area contributed by atoms with E-state index in [0.29, 0.717) is 25.3 Å². The van der Waals surface area contributed by atoms with Crippen molar-refractivity contribution in [1.29, 1.82) is 0 Å². The fourth-order valence-electron chi connectivity index (χ4n) is 4.95. The van der Waals surface area contributed by atoms with Gasteiger partial charge in [0.1, 0.15) is 17.4 Å². The van der Waals surface area contributed by atoms with Gasteiger partial charge in [0.2, 0.25) is 0 Å². The Morgan fingerprint density at radius 1 is 1.20 bits per heavy atom. The number of urea groups is 1. The summed E-state index contributed by atoms with van der Waals surface area (Å²) in [5.74, 6) is 1.09. The second kappa shape index (κ2) is 8.69. The largest absolute Gasteiger partial charge is 0.495 e. The summed E-state index contributed by atoms with van der Waals surface area (Å²) in [5.41, 5.74) is 3.94. The molecule has 3 aromatic rings. The molecule has 1 aromatic heterocycles. The molecule has 35 heavy (non-hydrogen) atoms. The molecule has 2 aliphatic heterocycles. The number of amidine groups is 1. The number of amides is 2. The molecule has 1 atom stereocenters. The third kappa shape index (κ3) is 3.79. The first kappa shape index (κ1) is 22.8. The molecule has 1 unspecified atom stereocenters. The van der Waals surface area contributed by atoms with Crippen molar-refractivity contribution in [2.24, 2.45) is 4.99 Å². The minimum Gasteiger partial charge on any atom is -0.495 e. The highest BCUT2D eigenvalue weighted by atomic mass is 19.1. The van der Waals surface area contributed by atoms with Crippen LogP contribution < -0.4 is 4.74 Å². The van der Waals surface area contributed by atoms with Crippen LogP contribution >= 0.6 is 0 Å². The molecule has 0 spiro atoms. The second-order valence-electron chi connectivity index (χ2n) is 9.03. The van der Waals surface area contributed by atoms with Gasteiger partial charge in [-0.3, -0.25) is 9.89 Å². The van der Waals surface area contributed by atoms with Crippen molar-refractivity contribution in [1.82, 2.24) is 19.4 Å². The molecule has 0 N–H and O–H groups in total. The molecule has 8 heteroatoms. The first-order valence-electron chi connectivity index (χ1n) is 11.6. The molecule has 0 saturated carbocycles. The molecule has 0 bridgehead atoms. The Morgan fingerprint density at radius 2 is 1.97 bits per heavy atom. The molecular weight excluding hydrogens is 445 g/mol. The van der Waals surface area contributed by atoms with Gasteiger partial charge in [-0.15, -0.1) is 0 Å². The van der Waals surface area contributed by atoms with Gasteiger partial charge in [0, 0.05) is 18.8 Å². The number of benzene rings is 2. The lowest BCUT2D eigenvalue weighted by Gasteiger charge is -2.43. The lowest BCUT2D eigenvalue weighted by molar-refractivity contribution is 0.142. The molecule has 1 fully saturated rings. The zero-order valence-corrected chi connectivity index (χ0v) is 20.3. The fourth-order valence-corrected chi connectivity index (χ4v) is 4.95. The summed E-state index contributed by atoms with van der Waals surface area (Å²) in [4.78, 5) is 26.0. The van der Waals surface area contributed by atoms with E-state index in [1.54, 1.807) is 42.4 Å².